The van der Waals surface area contributed by atoms with Crippen molar-refractivity contribution in [3.63, 3.8) is 0 Å². The highest BCUT2D eigenvalue weighted by Gasteiger charge is 2.11. The van der Waals surface area contributed by atoms with Crippen LogP contribution in [0.5, 0.6) is 5.75 Å². The lowest BCUT2D eigenvalue weighted by molar-refractivity contribution is -0.384. The number of nitro benzene ring substituents is 1. The van der Waals surface area contributed by atoms with Gasteiger partial charge in [-0.05, 0) is 17.5 Å². The minimum absolute atomic E-state index is 0.109. The standard InChI is InChI=1S/C13H10N2O3S/c14-9-10-8-11(15(16)17)3-4-13(10)18-6-5-12-2-1-7-19-12/h1-4,7-8H,5-6H2. The number of thiophene rings is 1. The molecule has 0 bridgehead atoms. The molecule has 5 nitrogen and oxygen atoms in total. The third kappa shape index (κ3) is 3.30. The number of nitro groups is 1. The first-order chi connectivity index (χ1) is 9.20. The highest BCUT2D eigenvalue weighted by molar-refractivity contribution is 7.09. The molecule has 0 fully saturated rings. The van der Waals surface area contributed by atoms with E-state index in [1.165, 1.54) is 23.1 Å². The summed E-state index contributed by atoms with van der Waals surface area (Å²) in [5.41, 5.74) is 0.0718. The number of benzene rings is 1. The van der Waals surface area contributed by atoms with Crippen LogP contribution in [0.25, 0.3) is 0 Å². The summed E-state index contributed by atoms with van der Waals surface area (Å²) in [4.78, 5) is 11.3. The Kier molecular flexibility index (Phi) is 4.11. The monoisotopic (exact) mass is 274 g/mol. The van der Waals surface area contributed by atoms with Crippen molar-refractivity contribution in [3.05, 3.63) is 56.3 Å². The first-order valence-corrected chi connectivity index (χ1v) is 6.42. The van der Waals surface area contributed by atoms with E-state index >= 15 is 0 Å². The van der Waals surface area contributed by atoms with Crippen LogP contribution in [0.15, 0.2) is 35.7 Å². The molecule has 0 aliphatic carbocycles. The first kappa shape index (κ1) is 13.1. The molecule has 19 heavy (non-hydrogen) atoms. The van der Waals surface area contributed by atoms with E-state index in [1.54, 1.807) is 11.3 Å². The molecule has 0 aliphatic rings. The zero-order chi connectivity index (χ0) is 13.7. The molecular weight excluding hydrogens is 264 g/mol. The Bertz CT molecular complexity index is 617. The molecule has 6 heteroatoms. The van der Waals surface area contributed by atoms with Gasteiger partial charge in [0.05, 0.1) is 11.5 Å². The lowest BCUT2D eigenvalue weighted by atomic mass is 10.2. The van der Waals surface area contributed by atoms with E-state index in [9.17, 15) is 10.1 Å². The van der Waals surface area contributed by atoms with Gasteiger partial charge in [0.25, 0.3) is 5.69 Å². The summed E-state index contributed by atoms with van der Waals surface area (Å²) in [5.74, 6) is 0.379. The van der Waals surface area contributed by atoms with E-state index in [4.69, 9.17) is 10.00 Å². The topological polar surface area (TPSA) is 76.2 Å². The molecule has 0 radical (unpaired) electrons. The van der Waals surface area contributed by atoms with Crippen molar-refractivity contribution in [2.75, 3.05) is 6.61 Å². The summed E-state index contributed by atoms with van der Waals surface area (Å²) in [7, 11) is 0. The van der Waals surface area contributed by atoms with Gasteiger partial charge in [0.2, 0.25) is 0 Å². The molecule has 1 aromatic carbocycles. The summed E-state index contributed by atoms with van der Waals surface area (Å²) >= 11 is 1.64. The SMILES string of the molecule is N#Cc1cc([N+](=O)[O-])ccc1OCCc1cccs1. The summed E-state index contributed by atoms with van der Waals surface area (Å²) in [5, 5.41) is 21.6. The van der Waals surface area contributed by atoms with Crippen LogP contribution in [0.3, 0.4) is 0 Å². The van der Waals surface area contributed by atoms with Crippen molar-refractivity contribution >= 4 is 17.0 Å². The second-order valence-electron chi connectivity index (χ2n) is 3.73. The maximum absolute atomic E-state index is 10.6. The molecule has 0 atom stereocenters. The predicted molar refractivity (Wildman–Crippen MR) is 71.3 cm³/mol. The van der Waals surface area contributed by atoms with Crippen LogP contribution in [0.2, 0.25) is 0 Å². The lowest BCUT2D eigenvalue weighted by Gasteiger charge is -2.06. The minimum atomic E-state index is -0.531. The number of nitrogens with zero attached hydrogens (tertiary/aromatic N) is 2. The fraction of sp³-hybridized carbons (Fsp3) is 0.154. The van der Waals surface area contributed by atoms with Crippen molar-refractivity contribution in [3.8, 4) is 11.8 Å². The third-order valence-corrected chi connectivity index (χ3v) is 3.42. The molecule has 0 amide bonds. The molecular formula is C13H10N2O3S. The maximum Gasteiger partial charge on any atom is 0.271 e. The molecule has 1 heterocycles. The van der Waals surface area contributed by atoms with Crippen molar-refractivity contribution in [2.24, 2.45) is 0 Å². The number of hydrogen-bond donors (Lipinski definition) is 0. The summed E-state index contributed by atoms with van der Waals surface area (Å²) in [6, 6.07) is 9.90. The lowest BCUT2D eigenvalue weighted by Crippen LogP contribution is -2.02. The van der Waals surface area contributed by atoms with Gasteiger partial charge in [-0.1, -0.05) is 6.07 Å². The van der Waals surface area contributed by atoms with Gasteiger partial charge in [-0.3, -0.25) is 10.1 Å². The fourth-order valence-corrected chi connectivity index (χ4v) is 2.25. The van der Waals surface area contributed by atoms with Gasteiger partial charge in [0.1, 0.15) is 17.4 Å². The van der Waals surface area contributed by atoms with E-state index in [0.29, 0.717) is 12.4 Å². The Balaban J connectivity index is 2.04. The first-order valence-electron chi connectivity index (χ1n) is 5.54. The van der Waals surface area contributed by atoms with Gasteiger partial charge >= 0.3 is 0 Å². The smallest absolute Gasteiger partial charge is 0.271 e. The zero-order valence-corrected chi connectivity index (χ0v) is 10.7. The van der Waals surface area contributed by atoms with Gasteiger partial charge in [-0.2, -0.15) is 5.26 Å². The molecule has 0 N–H and O–H groups in total. The molecule has 0 unspecified atom stereocenters. The van der Waals surface area contributed by atoms with Crippen molar-refractivity contribution in [2.45, 2.75) is 6.42 Å². The Morgan fingerprint density at radius 1 is 1.42 bits per heavy atom. The van der Waals surface area contributed by atoms with Crippen molar-refractivity contribution in [1.29, 1.82) is 5.26 Å². The van der Waals surface area contributed by atoms with Gasteiger partial charge in [0, 0.05) is 23.4 Å². The van der Waals surface area contributed by atoms with E-state index in [2.05, 4.69) is 0 Å². The van der Waals surface area contributed by atoms with E-state index in [-0.39, 0.29) is 11.3 Å². The minimum Gasteiger partial charge on any atom is -0.492 e. The normalized spacial score (nSPS) is 9.84. The van der Waals surface area contributed by atoms with Crippen LogP contribution in [0.4, 0.5) is 5.69 Å². The van der Waals surface area contributed by atoms with Crippen LogP contribution < -0.4 is 4.74 Å². The molecule has 0 spiro atoms. The largest absolute Gasteiger partial charge is 0.492 e. The number of rotatable bonds is 5. The van der Waals surface area contributed by atoms with Gasteiger partial charge in [-0.25, -0.2) is 0 Å². The van der Waals surface area contributed by atoms with Crippen LogP contribution >= 0.6 is 11.3 Å². The molecule has 0 aliphatic heterocycles. The van der Waals surface area contributed by atoms with Gasteiger partial charge in [0.15, 0.2) is 0 Å². The fourth-order valence-electron chi connectivity index (χ4n) is 1.56. The maximum atomic E-state index is 10.6. The Hall–Kier alpha value is -2.39. The second-order valence-corrected chi connectivity index (χ2v) is 4.76. The Morgan fingerprint density at radius 3 is 2.89 bits per heavy atom. The number of ether oxygens (including phenoxy) is 1. The zero-order valence-electron chi connectivity index (χ0n) is 9.91. The average molecular weight is 274 g/mol. The van der Waals surface area contributed by atoms with Gasteiger partial charge < -0.3 is 4.74 Å². The number of nitriles is 1. The molecule has 2 aromatic rings. The Labute approximate surface area is 113 Å². The average Bonchev–Trinajstić information content (AvgIpc) is 2.92. The van der Waals surface area contributed by atoms with E-state index in [1.807, 2.05) is 23.6 Å². The highest BCUT2D eigenvalue weighted by atomic mass is 32.1. The van der Waals surface area contributed by atoms with E-state index in [0.717, 1.165) is 6.42 Å². The van der Waals surface area contributed by atoms with Crippen molar-refractivity contribution < 1.29 is 9.66 Å². The van der Waals surface area contributed by atoms with Crippen LogP contribution in [-0.2, 0) is 6.42 Å². The molecule has 0 saturated carbocycles. The van der Waals surface area contributed by atoms with E-state index < -0.39 is 4.92 Å². The third-order valence-electron chi connectivity index (χ3n) is 2.48. The van der Waals surface area contributed by atoms with Crippen molar-refractivity contribution in [1.82, 2.24) is 0 Å². The highest BCUT2D eigenvalue weighted by Crippen LogP contribution is 2.23. The van der Waals surface area contributed by atoms with Gasteiger partial charge in [-0.15, -0.1) is 11.3 Å². The quantitative estimate of drug-likeness (QED) is 0.620. The molecule has 2 rings (SSSR count). The summed E-state index contributed by atoms with van der Waals surface area (Å²) < 4.78 is 5.50. The second kappa shape index (κ2) is 5.98. The molecule has 1 aromatic heterocycles. The van der Waals surface area contributed by atoms with Crippen LogP contribution in [0.1, 0.15) is 10.4 Å². The summed E-state index contributed by atoms with van der Waals surface area (Å²) in [6.07, 6.45) is 0.750. The number of non-ortho nitro benzene ring substituents is 1. The van der Waals surface area contributed by atoms with Crippen LogP contribution in [0, 0.1) is 21.4 Å². The molecule has 0 saturated heterocycles. The van der Waals surface area contributed by atoms with Crippen LogP contribution in [-0.4, -0.2) is 11.5 Å². The predicted octanol–water partition coefficient (Wildman–Crippen LogP) is 3.15. The summed E-state index contributed by atoms with van der Waals surface area (Å²) in [6.45, 7) is 0.438. The Morgan fingerprint density at radius 2 is 2.26 bits per heavy atom. The number of hydrogen-bond acceptors (Lipinski definition) is 5. The molecule has 96 valence electrons.